The molecule has 484 valence electrons. The minimum absolute atomic E-state index is 0. The van der Waals surface area contributed by atoms with Crippen LogP contribution in [0.5, 0.6) is 23.0 Å². The third-order valence-electron chi connectivity index (χ3n) is 16.3. The van der Waals surface area contributed by atoms with Crippen LogP contribution in [0.25, 0.3) is 90.9 Å². The predicted octanol–water partition coefficient (Wildman–Crippen LogP) is 8.84. The Bertz CT molecular complexity index is 3490. The molecule has 0 radical (unpaired) electrons. The van der Waals surface area contributed by atoms with Crippen LogP contribution < -0.4 is 56.2 Å². The maximum Gasteiger partial charge on any atom is 0.119 e. The molecule has 0 saturated carbocycles. The molecule has 4 aromatic carbocycles. The Hall–Kier alpha value is -6.57. The molecule has 2 aliphatic heterocycles. The van der Waals surface area contributed by atoms with Crippen molar-refractivity contribution in [2.45, 2.75) is 103 Å². The second-order valence-corrected chi connectivity index (χ2v) is 27.0. The van der Waals surface area contributed by atoms with Gasteiger partial charge in [-0.2, -0.15) is 0 Å². The highest BCUT2D eigenvalue weighted by atomic mass is 35.5. The SMILES string of the molecule is CCCCCCCCCCCCCCOc1ccc(-c2c3nc(c(-c4ccc(OCCC[N+](C)(C)C)cc4)c4ccc([nH]4)c(-c4ccc(OCCC[N+](C)(C)C)cc4)c4nc(c(-c5ccc(OCCC[N+](C)(C)C)cc5)c5ccc2[nH]5)C=C4)C=C3)cc1.[Cl-].[Cl-].[Cl-]. The smallest absolute Gasteiger partial charge is 0.119 e. The van der Waals surface area contributed by atoms with Gasteiger partial charge < -0.3 is 79.6 Å². The highest BCUT2D eigenvalue weighted by Crippen LogP contribution is 2.40. The van der Waals surface area contributed by atoms with Gasteiger partial charge in [0, 0.05) is 63.6 Å². The zero-order chi connectivity index (χ0) is 61.2. The van der Waals surface area contributed by atoms with Crippen molar-refractivity contribution in [1.82, 2.24) is 19.9 Å². The van der Waals surface area contributed by atoms with Crippen LogP contribution in [0, 0.1) is 0 Å². The molecule has 5 heterocycles. The van der Waals surface area contributed by atoms with E-state index in [4.69, 9.17) is 28.9 Å². The van der Waals surface area contributed by atoms with Crippen molar-refractivity contribution >= 4 is 46.4 Å². The number of hydrogen-bond donors (Lipinski definition) is 2. The van der Waals surface area contributed by atoms with Gasteiger partial charge in [0.2, 0.25) is 0 Å². The molecule has 0 aliphatic carbocycles. The van der Waals surface area contributed by atoms with Crippen LogP contribution in [-0.2, 0) is 0 Å². The standard InChI is InChI=1S/C76H100N7O4.3ClH/c1-11-12-13-14-15-16-17-18-19-20-21-22-53-84-61-34-26-57(27-35-61)73-65-42-44-67(77-65)74(58-28-36-62(37-29-58)85-54-23-50-81(2,3)4)69-46-48-71(79-69)76(60-32-40-64(41-33-60)87-56-25-52-83(8,9)10)72-49-47-70(80-72)75(68-45-43-66(73)78-68)59-30-38-63(39-31-59)86-55-24-51-82(5,6)7;;;/h26-49,77,80H,11-25,50-56H2,1-10H3;3*1H/q+3;;;/p-3. The molecule has 2 aliphatic rings. The minimum atomic E-state index is 0. The molecule has 0 amide bonds. The fourth-order valence-electron chi connectivity index (χ4n) is 11.6. The van der Waals surface area contributed by atoms with Gasteiger partial charge in [0.1, 0.15) is 23.0 Å². The fourth-order valence-corrected chi connectivity index (χ4v) is 11.6. The van der Waals surface area contributed by atoms with E-state index >= 15 is 0 Å². The Balaban J connectivity index is 0.00000430. The first kappa shape index (κ1) is 72.5. The number of quaternary nitrogens is 3. The number of rotatable bonds is 33. The summed E-state index contributed by atoms with van der Waals surface area (Å²) in [5, 5.41) is 0. The van der Waals surface area contributed by atoms with Crippen LogP contribution in [0.3, 0.4) is 0 Å². The van der Waals surface area contributed by atoms with Crippen LogP contribution in [-0.4, -0.2) is 143 Å². The number of nitrogens with one attached hydrogen (secondary N) is 2. The van der Waals surface area contributed by atoms with Gasteiger partial charge in [-0.1, -0.05) is 126 Å². The summed E-state index contributed by atoms with van der Waals surface area (Å²) in [4.78, 5) is 19.1. The first-order valence-corrected chi connectivity index (χ1v) is 32.5. The summed E-state index contributed by atoms with van der Waals surface area (Å²) in [7, 11) is 20.0. The lowest BCUT2D eigenvalue weighted by Crippen LogP contribution is -3.00. The second-order valence-electron chi connectivity index (χ2n) is 27.0. The van der Waals surface area contributed by atoms with Gasteiger partial charge in [-0.3, -0.25) is 0 Å². The lowest BCUT2D eigenvalue weighted by atomic mass is 10.0. The summed E-state index contributed by atoms with van der Waals surface area (Å²) >= 11 is 0. The molecule has 0 spiro atoms. The van der Waals surface area contributed by atoms with Gasteiger partial charge in [0.15, 0.2) is 0 Å². The number of ether oxygens (including phenoxy) is 4. The topological polar surface area (TPSA) is 94.3 Å². The molecule has 11 nitrogen and oxygen atoms in total. The number of H-pyrrole nitrogens is 2. The van der Waals surface area contributed by atoms with Crippen LogP contribution in [0.2, 0.25) is 0 Å². The molecular weight excluding hydrogens is 1180 g/mol. The van der Waals surface area contributed by atoms with Gasteiger partial charge in [0.05, 0.1) is 132 Å². The second kappa shape index (κ2) is 34.7. The van der Waals surface area contributed by atoms with Crippen LogP contribution in [0.15, 0.2) is 121 Å². The average Bonchev–Trinajstić information content (AvgIpc) is 1.64. The van der Waals surface area contributed by atoms with Crippen molar-refractivity contribution in [2.75, 3.05) is 109 Å². The molecule has 90 heavy (non-hydrogen) atoms. The minimum Gasteiger partial charge on any atom is -1.00 e. The first-order valence-electron chi connectivity index (χ1n) is 32.5. The van der Waals surface area contributed by atoms with E-state index in [1.54, 1.807) is 0 Å². The average molecular weight is 1280 g/mol. The molecule has 14 heteroatoms. The van der Waals surface area contributed by atoms with Gasteiger partial charge in [-0.25, -0.2) is 9.97 Å². The molecule has 3 aromatic heterocycles. The zero-order valence-corrected chi connectivity index (χ0v) is 57.7. The third-order valence-corrected chi connectivity index (χ3v) is 16.3. The Morgan fingerprint density at radius 2 is 0.511 bits per heavy atom. The van der Waals surface area contributed by atoms with E-state index < -0.39 is 0 Å². The van der Waals surface area contributed by atoms with Crippen molar-refractivity contribution in [2.24, 2.45) is 0 Å². The summed E-state index contributed by atoms with van der Waals surface area (Å²) in [5.74, 6) is 3.41. The van der Waals surface area contributed by atoms with Crippen molar-refractivity contribution in [1.29, 1.82) is 0 Å². The lowest BCUT2D eigenvalue weighted by Gasteiger charge is -2.23. The van der Waals surface area contributed by atoms with Gasteiger partial charge in [-0.05, 0) is 126 Å². The Morgan fingerprint density at radius 3 is 0.744 bits per heavy atom. The van der Waals surface area contributed by atoms with E-state index in [2.05, 4.69) is 226 Å². The highest BCUT2D eigenvalue weighted by molar-refractivity contribution is 6.00. The number of nitrogens with zero attached hydrogens (tertiary/aromatic N) is 5. The molecule has 0 atom stereocenters. The van der Waals surface area contributed by atoms with Gasteiger partial charge >= 0.3 is 0 Å². The summed E-state index contributed by atoms with van der Waals surface area (Å²) in [6, 6.07) is 42.8. The molecule has 8 bridgehead atoms. The van der Waals surface area contributed by atoms with E-state index in [1.165, 1.54) is 70.6 Å². The summed E-state index contributed by atoms with van der Waals surface area (Å²) in [5.41, 5.74) is 15.2. The van der Waals surface area contributed by atoms with E-state index in [-0.39, 0.29) is 37.2 Å². The molecule has 7 aromatic rings. The van der Waals surface area contributed by atoms with Gasteiger partial charge in [-0.15, -0.1) is 0 Å². The predicted molar refractivity (Wildman–Crippen MR) is 366 cm³/mol. The number of aromatic nitrogens is 4. The number of halogens is 3. The van der Waals surface area contributed by atoms with E-state index in [1.807, 2.05) is 0 Å². The van der Waals surface area contributed by atoms with Crippen LogP contribution in [0.4, 0.5) is 0 Å². The number of fused-ring (bicyclic) bond motifs is 8. The van der Waals surface area contributed by atoms with Gasteiger partial charge in [0.25, 0.3) is 0 Å². The Kier molecular flexibility index (Phi) is 28.0. The molecule has 0 unspecified atom stereocenters. The normalized spacial score (nSPS) is 12.1. The number of benzene rings is 4. The fraction of sp³-hybridized carbons (Fsp3) is 0.421. The summed E-state index contributed by atoms with van der Waals surface area (Å²) in [6.07, 6.45) is 27.3. The number of hydrogen-bond acceptors (Lipinski definition) is 6. The van der Waals surface area contributed by atoms with E-state index in [9.17, 15) is 0 Å². The molecule has 2 N–H and O–H groups in total. The maximum atomic E-state index is 6.40. The first-order chi connectivity index (χ1) is 42.0. The highest BCUT2D eigenvalue weighted by Gasteiger charge is 2.21. The molecular formula is C76H100Cl3N7O4. The number of unbranched alkanes of at least 4 members (excludes halogenated alkanes) is 11. The quantitative estimate of drug-likeness (QED) is 0.0316. The molecule has 9 rings (SSSR count). The Morgan fingerprint density at radius 1 is 0.289 bits per heavy atom. The summed E-state index contributed by atoms with van der Waals surface area (Å²) < 4.78 is 28.0. The largest absolute Gasteiger partial charge is 1.00 e. The third kappa shape index (κ3) is 21.5. The monoisotopic (exact) mass is 1280 g/mol. The zero-order valence-electron chi connectivity index (χ0n) is 55.4. The van der Waals surface area contributed by atoms with Crippen LogP contribution >= 0.6 is 0 Å². The van der Waals surface area contributed by atoms with E-state index in [0.717, 1.165) is 171 Å². The van der Waals surface area contributed by atoms with Crippen molar-refractivity contribution in [3.05, 3.63) is 144 Å². The molecule has 0 saturated heterocycles. The lowest BCUT2D eigenvalue weighted by molar-refractivity contribution is -0.870. The van der Waals surface area contributed by atoms with E-state index in [0.29, 0.717) is 26.4 Å². The molecule has 0 fully saturated rings. The Labute approximate surface area is 557 Å². The van der Waals surface area contributed by atoms with Crippen LogP contribution in [0.1, 0.15) is 126 Å². The van der Waals surface area contributed by atoms with Crippen molar-refractivity contribution in [3.63, 3.8) is 0 Å². The summed E-state index contributed by atoms with van der Waals surface area (Å²) in [6.45, 7) is 8.07. The van der Waals surface area contributed by atoms with Crippen molar-refractivity contribution in [3.8, 4) is 67.5 Å². The van der Waals surface area contributed by atoms with Crippen molar-refractivity contribution < 1.29 is 69.6 Å². The maximum absolute atomic E-state index is 6.40. The number of aromatic amines is 2.